The molecule has 0 spiro atoms. The van der Waals surface area contributed by atoms with E-state index in [1.165, 1.54) is 10.5 Å². The molecule has 64 valence electrons. The number of benzene rings is 1. The Labute approximate surface area is 81.3 Å². The predicted molar refractivity (Wildman–Crippen MR) is 54.0 cm³/mol. The Morgan fingerprint density at radius 3 is 3.17 bits per heavy atom. The minimum Gasteiger partial charge on any atom is -0.330 e. The maximum atomic E-state index is 5.90. The van der Waals surface area contributed by atoms with Gasteiger partial charge in [-0.2, -0.15) is 0 Å². The van der Waals surface area contributed by atoms with Gasteiger partial charge in [-0.15, -0.1) is 11.8 Å². The summed E-state index contributed by atoms with van der Waals surface area (Å²) in [5.41, 5.74) is 6.97. The number of rotatable bonds is 1. The third kappa shape index (κ3) is 1.35. The van der Waals surface area contributed by atoms with Crippen LogP contribution in [-0.2, 0) is 0 Å². The van der Waals surface area contributed by atoms with Crippen molar-refractivity contribution in [2.75, 3.05) is 12.3 Å². The van der Waals surface area contributed by atoms with Crippen molar-refractivity contribution < 1.29 is 0 Å². The van der Waals surface area contributed by atoms with E-state index >= 15 is 0 Å². The molecule has 0 saturated heterocycles. The fourth-order valence-corrected chi connectivity index (χ4v) is 2.88. The van der Waals surface area contributed by atoms with E-state index in [1.54, 1.807) is 0 Å². The smallest absolute Gasteiger partial charge is 0.0409 e. The van der Waals surface area contributed by atoms with Crippen LogP contribution in [0.2, 0.25) is 5.02 Å². The van der Waals surface area contributed by atoms with Gasteiger partial charge in [-0.3, -0.25) is 0 Å². The third-order valence-electron chi connectivity index (χ3n) is 2.14. The molecule has 1 nitrogen and oxygen atoms in total. The number of fused-ring (bicyclic) bond motifs is 1. The number of nitrogens with two attached hydrogens (primary N) is 1. The molecule has 2 N–H and O–H groups in total. The molecule has 1 aromatic carbocycles. The molecule has 2 rings (SSSR count). The molecule has 0 bridgehead atoms. The van der Waals surface area contributed by atoms with E-state index in [0.717, 1.165) is 17.3 Å². The van der Waals surface area contributed by atoms with Crippen molar-refractivity contribution >= 4 is 23.4 Å². The van der Waals surface area contributed by atoms with Crippen LogP contribution in [0, 0.1) is 0 Å². The van der Waals surface area contributed by atoms with Gasteiger partial charge >= 0.3 is 0 Å². The Bertz CT molecular complexity index is 301. The number of hydrogen-bond acceptors (Lipinski definition) is 2. The van der Waals surface area contributed by atoms with Crippen molar-refractivity contribution in [2.45, 2.75) is 10.8 Å². The van der Waals surface area contributed by atoms with Gasteiger partial charge in [-0.25, -0.2) is 0 Å². The Balaban J connectivity index is 2.42. The van der Waals surface area contributed by atoms with Gasteiger partial charge in [-0.1, -0.05) is 11.6 Å². The maximum Gasteiger partial charge on any atom is 0.0409 e. The molecule has 12 heavy (non-hydrogen) atoms. The molecular weight excluding hydrogens is 190 g/mol. The van der Waals surface area contributed by atoms with Gasteiger partial charge in [0, 0.05) is 28.1 Å². The molecule has 0 fully saturated rings. The second kappa shape index (κ2) is 3.29. The summed E-state index contributed by atoms with van der Waals surface area (Å²) in [4.78, 5) is 1.34. The summed E-state index contributed by atoms with van der Waals surface area (Å²) in [7, 11) is 0. The largest absolute Gasteiger partial charge is 0.330 e. The third-order valence-corrected chi connectivity index (χ3v) is 3.62. The van der Waals surface area contributed by atoms with Crippen LogP contribution in [0.15, 0.2) is 23.1 Å². The first-order chi connectivity index (χ1) is 5.81. The molecule has 1 aromatic rings. The van der Waals surface area contributed by atoms with E-state index in [2.05, 4.69) is 6.07 Å². The van der Waals surface area contributed by atoms with Crippen LogP contribution < -0.4 is 5.73 Å². The molecule has 1 heterocycles. The van der Waals surface area contributed by atoms with Gasteiger partial charge in [0.15, 0.2) is 0 Å². The van der Waals surface area contributed by atoms with Gasteiger partial charge in [0.05, 0.1) is 0 Å². The van der Waals surface area contributed by atoms with Crippen molar-refractivity contribution in [3.8, 4) is 0 Å². The second-order valence-corrected chi connectivity index (χ2v) is 4.42. The second-order valence-electron chi connectivity index (χ2n) is 2.93. The first kappa shape index (κ1) is 8.42. The summed E-state index contributed by atoms with van der Waals surface area (Å²) in [6, 6.07) is 6.05. The highest BCUT2D eigenvalue weighted by Gasteiger charge is 2.21. The molecule has 1 unspecified atom stereocenters. The highest BCUT2D eigenvalue weighted by Crippen LogP contribution is 2.39. The van der Waals surface area contributed by atoms with Crippen molar-refractivity contribution in [3.05, 3.63) is 28.8 Å². The normalized spacial score (nSPS) is 21.0. The van der Waals surface area contributed by atoms with Gasteiger partial charge < -0.3 is 5.73 Å². The Morgan fingerprint density at radius 1 is 1.58 bits per heavy atom. The minimum absolute atomic E-state index is 0.503. The lowest BCUT2D eigenvalue weighted by atomic mass is 10.0. The zero-order chi connectivity index (χ0) is 8.55. The SMILES string of the molecule is NCC1CSc2ccc(Cl)cc21. The topological polar surface area (TPSA) is 26.0 Å². The summed E-state index contributed by atoms with van der Waals surface area (Å²) in [6.45, 7) is 0.723. The summed E-state index contributed by atoms with van der Waals surface area (Å²) in [6.07, 6.45) is 0. The lowest BCUT2D eigenvalue weighted by Crippen LogP contribution is -2.11. The van der Waals surface area contributed by atoms with Crippen LogP contribution in [0.25, 0.3) is 0 Å². The Kier molecular flexibility index (Phi) is 2.31. The highest BCUT2D eigenvalue weighted by atomic mass is 35.5. The van der Waals surface area contributed by atoms with E-state index in [1.807, 2.05) is 23.9 Å². The Hall–Kier alpha value is -0.180. The molecular formula is C9H10ClNS. The number of halogens is 1. The fourth-order valence-electron chi connectivity index (χ4n) is 1.44. The molecule has 0 radical (unpaired) electrons. The van der Waals surface area contributed by atoms with Crippen LogP contribution in [-0.4, -0.2) is 12.3 Å². The summed E-state index contributed by atoms with van der Waals surface area (Å²) < 4.78 is 0. The van der Waals surface area contributed by atoms with E-state index < -0.39 is 0 Å². The molecule has 0 saturated carbocycles. The van der Waals surface area contributed by atoms with E-state index in [4.69, 9.17) is 17.3 Å². The lowest BCUT2D eigenvalue weighted by molar-refractivity contribution is 0.787. The summed E-state index contributed by atoms with van der Waals surface area (Å²) in [5.74, 6) is 1.61. The summed E-state index contributed by atoms with van der Waals surface area (Å²) in [5, 5.41) is 0.815. The van der Waals surface area contributed by atoms with Crippen molar-refractivity contribution in [1.82, 2.24) is 0 Å². The molecule has 1 aliphatic heterocycles. The molecule has 3 heteroatoms. The van der Waals surface area contributed by atoms with Crippen LogP contribution in [0.3, 0.4) is 0 Å². The van der Waals surface area contributed by atoms with Crippen molar-refractivity contribution in [2.24, 2.45) is 5.73 Å². The van der Waals surface area contributed by atoms with Crippen molar-refractivity contribution in [3.63, 3.8) is 0 Å². The highest BCUT2D eigenvalue weighted by molar-refractivity contribution is 7.99. The number of hydrogen-bond donors (Lipinski definition) is 1. The molecule has 0 aromatic heterocycles. The van der Waals surface area contributed by atoms with Gasteiger partial charge in [-0.05, 0) is 23.8 Å². The molecule has 0 amide bonds. The van der Waals surface area contributed by atoms with E-state index in [-0.39, 0.29) is 0 Å². The number of thioether (sulfide) groups is 1. The zero-order valence-electron chi connectivity index (χ0n) is 6.59. The average Bonchev–Trinajstić information content (AvgIpc) is 2.46. The average molecular weight is 200 g/mol. The van der Waals surface area contributed by atoms with Crippen molar-refractivity contribution in [1.29, 1.82) is 0 Å². The van der Waals surface area contributed by atoms with Crippen LogP contribution in [0.4, 0.5) is 0 Å². The van der Waals surface area contributed by atoms with Crippen LogP contribution in [0.1, 0.15) is 11.5 Å². The fraction of sp³-hybridized carbons (Fsp3) is 0.333. The van der Waals surface area contributed by atoms with E-state index in [9.17, 15) is 0 Å². The molecule has 1 aliphatic rings. The molecule has 0 aliphatic carbocycles. The quantitative estimate of drug-likeness (QED) is 0.752. The van der Waals surface area contributed by atoms with Gasteiger partial charge in [0.25, 0.3) is 0 Å². The van der Waals surface area contributed by atoms with E-state index in [0.29, 0.717) is 5.92 Å². The maximum absolute atomic E-state index is 5.90. The van der Waals surface area contributed by atoms with Crippen LogP contribution >= 0.6 is 23.4 Å². The van der Waals surface area contributed by atoms with Gasteiger partial charge in [0.1, 0.15) is 0 Å². The predicted octanol–water partition coefficient (Wildman–Crippen LogP) is 2.49. The standard InChI is InChI=1S/C9H10ClNS/c10-7-1-2-9-8(3-7)6(4-11)5-12-9/h1-3,6H,4-5,11H2. The van der Waals surface area contributed by atoms with Gasteiger partial charge in [0.2, 0.25) is 0 Å². The first-order valence-electron chi connectivity index (χ1n) is 3.93. The minimum atomic E-state index is 0.503. The lowest BCUT2D eigenvalue weighted by Gasteiger charge is -2.06. The summed E-state index contributed by atoms with van der Waals surface area (Å²) >= 11 is 7.77. The molecule has 1 atom stereocenters. The first-order valence-corrected chi connectivity index (χ1v) is 5.30. The van der Waals surface area contributed by atoms with Crippen LogP contribution in [0.5, 0.6) is 0 Å². The Morgan fingerprint density at radius 2 is 2.42 bits per heavy atom. The zero-order valence-corrected chi connectivity index (χ0v) is 8.16. The monoisotopic (exact) mass is 199 g/mol.